The van der Waals surface area contributed by atoms with Crippen molar-refractivity contribution in [3.05, 3.63) is 54.4 Å². The Kier molecular flexibility index (Phi) is 4.26. The fourth-order valence-corrected chi connectivity index (χ4v) is 3.29. The Morgan fingerprint density at radius 3 is 2.46 bits per heavy atom. The maximum absolute atomic E-state index is 11.5. The Morgan fingerprint density at radius 1 is 1.00 bits per heavy atom. The number of carbonyl (C=O) groups is 1. The third-order valence-corrected chi connectivity index (χ3v) is 4.88. The lowest BCUT2D eigenvalue weighted by Crippen LogP contribution is -2.44. The van der Waals surface area contributed by atoms with E-state index in [2.05, 4.69) is 26.8 Å². The molecule has 0 aliphatic carbocycles. The van der Waals surface area contributed by atoms with Crippen LogP contribution in [-0.4, -0.2) is 59.2 Å². The topological polar surface area (TPSA) is 69.6 Å². The highest BCUT2D eigenvalue weighted by molar-refractivity contribution is 6.03. The summed E-state index contributed by atoms with van der Waals surface area (Å²) in [6, 6.07) is 11.3. The molecule has 6 heteroatoms. The molecule has 1 N–H and O–H groups in total. The number of piperazine rings is 1. The van der Waals surface area contributed by atoms with Gasteiger partial charge in [0.2, 0.25) is 0 Å². The first kappa shape index (κ1) is 16.5. The summed E-state index contributed by atoms with van der Waals surface area (Å²) in [4.78, 5) is 24.9. The second kappa shape index (κ2) is 6.72. The van der Waals surface area contributed by atoms with Gasteiger partial charge < -0.3 is 14.9 Å². The number of nitrogens with zero attached hydrogens (tertiary/aromatic N) is 4. The van der Waals surface area contributed by atoms with Gasteiger partial charge in [-0.15, -0.1) is 0 Å². The van der Waals surface area contributed by atoms with Crippen LogP contribution in [0.15, 0.2) is 48.8 Å². The maximum atomic E-state index is 11.5. The van der Waals surface area contributed by atoms with Crippen LogP contribution >= 0.6 is 0 Å². The SMILES string of the molecule is CN1CCN(c2ccc(-c3ccc4nccc(C(=O)O)c4c3)cn2)CC1. The molecule has 0 radical (unpaired) electrons. The summed E-state index contributed by atoms with van der Waals surface area (Å²) in [6.45, 7) is 4.04. The number of hydrogen-bond acceptors (Lipinski definition) is 5. The zero-order valence-corrected chi connectivity index (χ0v) is 14.6. The molecule has 132 valence electrons. The second-order valence-electron chi connectivity index (χ2n) is 6.59. The molecule has 1 fully saturated rings. The number of pyridine rings is 2. The van der Waals surface area contributed by atoms with Gasteiger partial charge in [0.15, 0.2) is 0 Å². The van der Waals surface area contributed by atoms with Crippen LogP contribution in [0.2, 0.25) is 0 Å². The maximum Gasteiger partial charge on any atom is 0.336 e. The first-order valence-corrected chi connectivity index (χ1v) is 8.64. The third-order valence-electron chi connectivity index (χ3n) is 4.88. The molecule has 0 saturated carbocycles. The van der Waals surface area contributed by atoms with E-state index in [1.807, 2.05) is 36.5 Å². The summed E-state index contributed by atoms with van der Waals surface area (Å²) >= 11 is 0. The number of benzene rings is 1. The molecule has 1 aliphatic rings. The van der Waals surface area contributed by atoms with Crippen LogP contribution in [-0.2, 0) is 0 Å². The number of fused-ring (bicyclic) bond motifs is 1. The van der Waals surface area contributed by atoms with Crippen LogP contribution < -0.4 is 4.90 Å². The molecule has 0 bridgehead atoms. The Balaban J connectivity index is 1.65. The molecule has 0 unspecified atom stereocenters. The lowest BCUT2D eigenvalue weighted by molar-refractivity contribution is 0.0699. The molecule has 0 amide bonds. The molecule has 1 aromatic carbocycles. The quantitative estimate of drug-likeness (QED) is 0.785. The van der Waals surface area contributed by atoms with E-state index < -0.39 is 5.97 Å². The number of carboxylic acid groups (broad SMARTS) is 1. The van der Waals surface area contributed by atoms with Crippen LogP contribution in [0.3, 0.4) is 0 Å². The average Bonchev–Trinajstić information content (AvgIpc) is 2.68. The number of aromatic nitrogens is 2. The van der Waals surface area contributed by atoms with E-state index in [0.717, 1.165) is 43.1 Å². The molecule has 2 aromatic heterocycles. The Bertz CT molecular complexity index is 948. The van der Waals surface area contributed by atoms with Crippen molar-refractivity contribution in [3.63, 3.8) is 0 Å². The van der Waals surface area contributed by atoms with E-state index in [4.69, 9.17) is 0 Å². The van der Waals surface area contributed by atoms with E-state index >= 15 is 0 Å². The fraction of sp³-hybridized carbons (Fsp3) is 0.250. The number of hydrogen-bond donors (Lipinski definition) is 1. The highest BCUT2D eigenvalue weighted by Crippen LogP contribution is 2.26. The number of anilines is 1. The zero-order valence-electron chi connectivity index (χ0n) is 14.6. The van der Waals surface area contributed by atoms with Gasteiger partial charge in [0.1, 0.15) is 5.82 Å². The molecule has 1 saturated heterocycles. The van der Waals surface area contributed by atoms with Crippen molar-refractivity contribution in [3.8, 4) is 11.1 Å². The second-order valence-corrected chi connectivity index (χ2v) is 6.59. The summed E-state index contributed by atoms with van der Waals surface area (Å²) in [5.74, 6) is 0.0358. The van der Waals surface area contributed by atoms with Crippen molar-refractivity contribution < 1.29 is 9.90 Å². The number of rotatable bonds is 3. The third kappa shape index (κ3) is 3.11. The highest BCUT2D eigenvalue weighted by Gasteiger charge is 2.15. The smallest absolute Gasteiger partial charge is 0.336 e. The van der Waals surface area contributed by atoms with Crippen molar-refractivity contribution in [1.82, 2.24) is 14.9 Å². The molecule has 4 rings (SSSR count). The Labute approximate surface area is 151 Å². The van der Waals surface area contributed by atoms with Crippen molar-refractivity contribution in [2.24, 2.45) is 0 Å². The first-order valence-electron chi connectivity index (χ1n) is 8.64. The lowest BCUT2D eigenvalue weighted by atomic mass is 10.0. The van der Waals surface area contributed by atoms with E-state index in [9.17, 15) is 9.90 Å². The summed E-state index contributed by atoms with van der Waals surface area (Å²) in [6.07, 6.45) is 3.38. The molecule has 3 aromatic rings. The predicted molar refractivity (Wildman–Crippen MR) is 102 cm³/mol. The summed E-state index contributed by atoms with van der Waals surface area (Å²) in [7, 11) is 2.13. The van der Waals surface area contributed by atoms with Gasteiger partial charge in [-0.05, 0) is 42.9 Å². The van der Waals surface area contributed by atoms with Crippen LogP contribution in [0, 0.1) is 0 Å². The van der Waals surface area contributed by atoms with Crippen molar-refractivity contribution in [2.45, 2.75) is 0 Å². The molecule has 3 heterocycles. The molecule has 26 heavy (non-hydrogen) atoms. The normalized spacial score (nSPS) is 15.3. The number of carboxylic acids is 1. The predicted octanol–water partition coefficient (Wildman–Crippen LogP) is 2.75. The Morgan fingerprint density at radius 2 is 1.77 bits per heavy atom. The van der Waals surface area contributed by atoms with E-state index in [1.165, 1.54) is 12.3 Å². The van der Waals surface area contributed by atoms with Crippen molar-refractivity contribution in [2.75, 3.05) is 38.1 Å². The summed E-state index contributed by atoms with van der Waals surface area (Å²) in [5.41, 5.74) is 2.84. The molecular weight excluding hydrogens is 328 g/mol. The largest absolute Gasteiger partial charge is 0.478 e. The monoisotopic (exact) mass is 348 g/mol. The van der Waals surface area contributed by atoms with Gasteiger partial charge in [-0.1, -0.05) is 6.07 Å². The van der Waals surface area contributed by atoms with E-state index in [-0.39, 0.29) is 5.56 Å². The van der Waals surface area contributed by atoms with Crippen LogP contribution in [0.5, 0.6) is 0 Å². The van der Waals surface area contributed by atoms with Crippen LogP contribution in [0.25, 0.3) is 22.0 Å². The molecule has 0 atom stereocenters. The van der Waals surface area contributed by atoms with Crippen molar-refractivity contribution >= 4 is 22.7 Å². The first-order chi connectivity index (χ1) is 12.6. The standard InChI is InChI=1S/C20H20N4O2/c1-23-8-10-24(11-9-23)19-5-3-15(13-22-19)14-2-4-18-17(12-14)16(20(25)26)6-7-21-18/h2-7,12-13H,8-11H2,1H3,(H,25,26). The summed E-state index contributed by atoms with van der Waals surface area (Å²) < 4.78 is 0. The average molecular weight is 348 g/mol. The van der Waals surface area contributed by atoms with E-state index in [0.29, 0.717) is 10.9 Å². The fourth-order valence-electron chi connectivity index (χ4n) is 3.29. The van der Waals surface area contributed by atoms with Gasteiger partial charge in [0.05, 0.1) is 11.1 Å². The van der Waals surface area contributed by atoms with Crippen LogP contribution in [0.1, 0.15) is 10.4 Å². The highest BCUT2D eigenvalue weighted by atomic mass is 16.4. The Hall–Kier alpha value is -2.99. The van der Waals surface area contributed by atoms with Gasteiger partial charge in [-0.3, -0.25) is 4.98 Å². The minimum Gasteiger partial charge on any atom is -0.478 e. The minimum absolute atomic E-state index is 0.263. The molecule has 0 spiro atoms. The van der Waals surface area contributed by atoms with Crippen LogP contribution in [0.4, 0.5) is 5.82 Å². The van der Waals surface area contributed by atoms with Gasteiger partial charge >= 0.3 is 5.97 Å². The van der Waals surface area contributed by atoms with Gasteiger partial charge in [0, 0.05) is 49.5 Å². The summed E-state index contributed by atoms with van der Waals surface area (Å²) in [5, 5.41) is 10.0. The number of aromatic carboxylic acids is 1. The molecular formula is C20H20N4O2. The van der Waals surface area contributed by atoms with Gasteiger partial charge in [0.25, 0.3) is 0 Å². The van der Waals surface area contributed by atoms with Gasteiger partial charge in [-0.25, -0.2) is 9.78 Å². The zero-order chi connectivity index (χ0) is 18.1. The van der Waals surface area contributed by atoms with Gasteiger partial charge in [-0.2, -0.15) is 0 Å². The minimum atomic E-state index is -0.946. The molecule has 6 nitrogen and oxygen atoms in total. The molecule has 1 aliphatic heterocycles. The van der Waals surface area contributed by atoms with Crippen molar-refractivity contribution in [1.29, 1.82) is 0 Å². The number of likely N-dealkylation sites (N-methyl/N-ethyl adjacent to an activating group) is 1. The lowest BCUT2D eigenvalue weighted by Gasteiger charge is -2.33. The van der Waals surface area contributed by atoms with E-state index in [1.54, 1.807) is 0 Å².